The fourth-order valence-corrected chi connectivity index (χ4v) is 4.99. The Bertz CT molecular complexity index is 945. The molecule has 1 aliphatic heterocycles. The number of nitrogens with zero attached hydrogens (tertiary/aromatic N) is 3. The molecule has 1 atom stereocenters. The molecule has 3 rings (SSSR count). The van der Waals surface area contributed by atoms with Crippen LogP contribution < -0.4 is 4.31 Å². The molecule has 0 N–H and O–H groups in total. The highest BCUT2D eigenvalue weighted by Crippen LogP contribution is 2.25. The summed E-state index contributed by atoms with van der Waals surface area (Å²) in [5.74, 6) is -0.199. The minimum Gasteiger partial charge on any atom is -0.338 e. The molecule has 1 aliphatic rings. The summed E-state index contributed by atoms with van der Waals surface area (Å²) in [6.45, 7) is 5.12. The summed E-state index contributed by atoms with van der Waals surface area (Å²) < 4.78 is 26.0. The normalized spacial score (nSPS) is 16.4. The van der Waals surface area contributed by atoms with E-state index in [0.717, 1.165) is 30.2 Å². The Morgan fingerprint density at radius 3 is 2.31 bits per heavy atom. The lowest BCUT2D eigenvalue weighted by molar-refractivity contribution is -0.133. The second-order valence-electron chi connectivity index (χ2n) is 7.30. The number of halogens is 1. The number of benzene rings is 2. The Morgan fingerprint density at radius 2 is 1.72 bits per heavy atom. The van der Waals surface area contributed by atoms with Gasteiger partial charge >= 0.3 is 0 Å². The van der Waals surface area contributed by atoms with E-state index in [2.05, 4.69) is 17.0 Å². The van der Waals surface area contributed by atoms with Gasteiger partial charge in [0.15, 0.2) is 0 Å². The van der Waals surface area contributed by atoms with Crippen molar-refractivity contribution in [1.29, 1.82) is 0 Å². The largest absolute Gasteiger partial charge is 0.338 e. The van der Waals surface area contributed by atoms with Crippen LogP contribution in [0.5, 0.6) is 0 Å². The van der Waals surface area contributed by atoms with Gasteiger partial charge in [-0.15, -0.1) is 0 Å². The van der Waals surface area contributed by atoms with Crippen LogP contribution in [0.25, 0.3) is 0 Å². The van der Waals surface area contributed by atoms with Gasteiger partial charge in [-0.2, -0.15) is 0 Å². The first-order valence-electron chi connectivity index (χ1n) is 9.56. The SMILES string of the molecule is C[C@H](C(=O)N1CCN(Cc2ccccc2)CC1)N(c1cccc(Cl)c1)S(C)(=O)=O. The summed E-state index contributed by atoms with van der Waals surface area (Å²) >= 11 is 6.03. The molecule has 0 bridgehead atoms. The molecular formula is C21H26ClN3O3S. The average Bonchev–Trinajstić information content (AvgIpc) is 2.68. The van der Waals surface area contributed by atoms with Crippen molar-refractivity contribution < 1.29 is 13.2 Å². The van der Waals surface area contributed by atoms with Gasteiger partial charge in [0.1, 0.15) is 6.04 Å². The topological polar surface area (TPSA) is 60.9 Å². The molecule has 0 spiro atoms. The molecule has 29 heavy (non-hydrogen) atoms. The van der Waals surface area contributed by atoms with Crippen LogP contribution in [0.3, 0.4) is 0 Å². The molecule has 1 saturated heterocycles. The second-order valence-corrected chi connectivity index (χ2v) is 9.60. The maximum atomic E-state index is 13.1. The molecule has 0 aromatic heterocycles. The summed E-state index contributed by atoms with van der Waals surface area (Å²) in [6.07, 6.45) is 1.11. The lowest BCUT2D eigenvalue weighted by Crippen LogP contribution is -2.55. The van der Waals surface area contributed by atoms with Crippen molar-refractivity contribution in [3.05, 3.63) is 65.2 Å². The van der Waals surface area contributed by atoms with Crippen molar-refractivity contribution >= 4 is 33.2 Å². The van der Waals surface area contributed by atoms with Crippen molar-refractivity contribution in [2.24, 2.45) is 0 Å². The Labute approximate surface area is 177 Å². The number of sulfonamides is 1. The second kappa shape index (κ2) is 9.15. The third kappa shape index (κ3) is 5.50. The number of amides is 1. The lowest BCUT2D eigenvalue weighted by atomic mass is 10.2. The van der Waals surface area contributed by atoms with E-state index in [0.29, 0.717) is 23.8 Å². The molecule has 2 aromatic carbocycles. The van der Waals surface area contributed by atoms with E-state index >= 15 is 0 Å². The third-order valence-corrected chi connectivity index (χ3v) is 6.54. The van der Waals surface area contributed by atoms with Gasteiger partial charge in [-0.3, -0.25) is 14.0 Å². The number of hydrogen-bond donors (Lipinski definition) is 0. The Kier molecular flexibility index (Phi) is 6.82. The average molecular weight is 436 g/mol. The fourth-order valence-electron chi connectivity index (χ4n) is 3.65. The Morgan fingerprint density at radius 1 is 1.07 bits per heavy atom. The lowest BCUT2D eigenvalue weighted by Gasteiger charge is -2.38. The zero-order valence-electron chi connectivity index (χ0n) is 16.7. The quantitative estimate of drug-likeness (QED) is 0.700. The molecular weight excluding hydrogens is 410 g/mol. The van der Waals surface area contributed by atoms with Crippen LogP contribution in [0.1, 0.15) is 12.5 Å². The highest BCUT2D eigenvalue weighted by atomic mass is 35.5. The van der Waals surface area contributed by atoms with Crippen molar-refractivity contribution in [3.63, 3.8) is 0 Å². The number of anilines is 1. The van der Waals surface area contributed by atoms with Crippen molar-refractivity contribution in [2.45, 2.75) is 19.5 Å². The zero-order chi connectivity index (χ0) is 21.0. The molecule has 8 heteroatoms. The van der Waals surface area contributed by atoms with Crippen molar-refractivity contribution in [1.82, 2.24) is 9.80 Å². The third-order valence-electron chi connectivity index (χ3n) is 5.06. The molecule has 1 amide bonds. The van der Waals surface area contributed by atoms with Crippen molar-refractivity contribution in [2.75, 3.05) is 36.7 Å². The molecule has 0 saturated carbocycles. The Balaban J connectivity index is 1.67. The summed E-state index contributed by atoms with van der Waals surface area (Å²) in [6, 6.07) is 15.9. The van der Waals surface area contributed by atoms with Gasteiger partial charge in [0.25, 0.3) is 0 Å². The van der Waals surface area contributed by atoms with Gasteiger partial charge < -0.3 is 4.90 Å². The van der Waals surface area contributed by atoms with Crippen LogP contribution in [0.15, 0.2) is 54.6 Å². The summed E-state index contributed by atoms with van der Waals surface area (Å²) in [5, 5.41) is 0.422. The van der Waals surface area contributed by atoms with E-state index in [4.69, 9.17) is 11.6 Å². The molecule has 6 nitrogen and oxygen atoms in total. The van der Waals surface area contributed by atoms with Crippen LogP contribution in [-0.2, 0) is 21.4 Å². The van der Waals surface area contributed by atoms with Crippen LogP contribution in [0, 0.1) is 0 Å². The number of carbonyl (C=O) groups is 1. The van der Waals surface area contributed by atoms with Gasteiger partial charge in [0, 0.05) is 37.7 Å². The van der Waals surface area contributed by atoms with E-state index in [-0.39, 0.29) is 5.91 Å². The van der Waals surface area contributed by atoms with Gasteiger partial charge in [-0.25, -0.2) is 8.42 Å². The smallest absolute Gasteiger partial charge is 0.246 e. The van der Waals surface area contributed by atoms with Gasteiger partial charge in [-0.1, -0.05) is 48.0 Å². The summed E-state index contributed by atoms with van der Waals surface area (Å²) in [5.41, 5.74) is 1.63. The van der Waals surface area contributed by atoms with Crippen LogP contribution in [0.4, 0.5) is 5.69 Å². The van der Waals surface area contributed by atoms with Gasteiger partial charge in [-0.05, 0) is 30.7 Å². The van der Waals surface area contributed by atoms with Crippen LogP contribution in [0.2, 0.25) is 5.02 Å². The maximum absolute atomic E-state index is 13.1. The molecule has 0 unspecified atom stereocenters. The predicted molar refractivity (Wildman–Crippen MR) is 117 cm³/mol. The minimum atomic E-state index is -3.65. The molecule has 156 valence electrons. The summed E-state index contributed by atoms with van der Waals surface area (Å²) in [7, 11) is -3.65. The molecule has 2 aromatic rings. The summed E-state index contributed by atoms with van der Waals surface area (Å²) in [4.78, 5) is 17.1. The van der Waals surface area contributed by atoms with Crippen molar-refractivity contribution in [3.8, 4) is 0 Å². The zero-order valence-corrected chi connectivity index (χ0v) is 18.2. The number of piperazine rings is 1. The molecule has 1 heterocycles. The van der Waals surface area contributed by atoms with E-state index in [1.807, 2.05) is 18.2 Å². The fraction of sp³-hybridized carbons (Fsp3) is 0.381. The number of hydrogen-bond acceptors (Lipinski definition) is 4. The highest BCUT2D eigenvalue weighted by molar-refractivity contribution is 7.92. The van der Waals surface area contributed by atoms with E-state index in [9.17, 15) is 13.2 Å². The highest BCUT2D eigenvalue weighted by Gasteiger charge is 2.33. The van der Waals surface area contributed by atoms with Crippen LogP contribution in [-0.4, -0.2) is 62.6 Å². The standard InChI is InChI=1S/C21H26ClN3O3S/c1-17(25(29(2,27)28)20-10-6-9-19(22)15-20)21(26)24-13-11-23(12-14-24)16-18-7-4-3-5-8-18/h3-10,15,17H,11-14,16H2,1-2H3/t17-/m1/s1. The molecule has 0 radical (unpaired) electrons. The minimum absolute atomic E-state index is 0.199. The van der Waals surface area contributed by atoms with Crippen LogP contribution >= 0.6 is 11.6 Å². The maximum Gasteiger partial charge on any atom is 0.246 e. The first-order chi connectivity index (χ1) is 13.8. The van der Waals surface area contributed by atoms with Gasteiger partial charge in [0.05, 0.1) is 11.9 Å². The van der Waals surface area contributed by atoms with Gasteiger partial charge in [0.2, 0.25) is 15.9 Å². The molecule has 0 aliphatic carbocycles. The van der Waals surface area contributed by atoms with E-state index in [1.165, 1.54) is 5.56 Å². The number of carbonyl (C=O) groups excluding carboxylic acids is 1. The number of rotatable bonds is 6. The first kappa shape index (κ1) is 21.6. The monoisotopic (exact) mass is 435 g/mol. The Hall–Kier alpha value is -2.09. The first-order valence-corrected chi connectivity index (χ1v) is 11.8. The van der Waals surface area contributed by atoms with E-state index in [1.54, 1.807) is 36.1 Å². The van der Waals surface area contributed by atoms with E-state index < -0.39 is 16.1 Å². The molecule has 1 fully saturated rings. The predicted octanol–water partition coefficient (Wildman–Crippen LogP) is 2.84.